The number of nitrogens with one attached hydrogen (secondary N) is 1. The number of rotatable bonds is 3. The number of hydrogen-bond acceptors (Lipinski definition) is 3. The van der Waals surface area contributed by atoms with Crippen LogP contribution in [0.3, 0.4) is 0 Å². The third-order valence-corrected chi connectivity index (χ3v) is 3.14. The van der Waals surface area contributed by atoms with Gasteiger partial charge in [-0.3, -0.25) is 0 Å². The van der Waals surface area contributed by atoms with Crippen molar-refractivity contribution in [3.63, 3.8) is 0 Å². The van der Waals surface area contributed by atoms with Gasteiger partial charge in [-0.15, -0.1) is 11.3 Å². The zero-order valence-corrected chi connectivity index (χ0v) is 9.44. The van der Waals surface area contributed by atoms with E-state index in [4.69, 9.17) is 0 Å². The van der Waals surface area contributed by atoms with Crippen molar-refractivity contribution in [3.8, 4) is 0 Å². The molecular formula is C11H10F2N2S. The summed E-state index contributed by atoms with van der Waals surface area (Å²) in [4.78, 5) is 5.12. The second-order valence-electron chi connectivity index (χ2n) is 3.31. The van der Waals surface area contributed by atoms with Crippen molar-refractivity contribution in [2.75, 3.05) is 12.4 Å². The van der Waals surface area contributed by atoms with Crippen LogP contribution >= 0.6 is 11.3 Å². The minimum atomic E-state index is -0.816. The Labute approximate surface area is 96.0 Å². The lowest BCUT2D eigenvalue weighted by Gasteiger charge is -1.99. The molecule has 16 heavy (non-hydrogen) atoms. The van der Waals surface area contributed by atoms with E-state index in [9.17, 15) is 8.78 Å². The van der Waals surface area contributed by atoms with E-state index in [1.54, 1.807) is 19.3 Å². The van der Waals surface area contributed by atoms with Gasteiger partial charge in [-0.1, -0.05) is 6.07 Å². The van der Waals surface area contributed by atoms with Crippen LogP contribution in [-0.2, 0) is 6.42 Å². The minimum absolute atomic E-state index is 0.566. The van der Waals surface area contributed by atoms with Crippen LogP contribution in [0.1, 0.15) is 10.4 Å². The Balaban J connectivity index is 2.17. The molecule has 0 atom stereocenters. The highest BCUT2D eigenvalue weighted by Gasteiger charge is 2.05. The maximum absolute atomic E-state index is 13.0. The molecule has 0 radical (unpaired) electrons. The average molecular weight is 240 g/mol. The van der Waals surface area contributed by atoms with Crippen LogP contribution in [0.15, 0.2) is 24.4 Å². The Morgan fingerprint density at radius 1 is 1.31 bits per heavy atom. The summed E-state index contributed by atoms with van der Waals surface area (Å²) < 4.78 is 25.7. The quantitative estimate of drug-likeness (QED) is 0.891. The molecule has 0 fully saturated rings. The third-order valence-electron chi connectivity index (χ3n) is 2.13. The first kappa shape index (κ1) is 11.0. The van der Waals surface area contributed by atoms with Crippen molar-refractivity contribution in [1.82, 2.24) is 4.98 Å². The number of thiazole rings is 1. The first-order valence-corrected chi connectivity index (χ1v) is 5.57. The summed E-state index contributed by atoms with van der Waals surface area (Å²) in [6.45, 7) is 0. The summed E-state index contributed by atoms with van der Waals surface area (Å²) >= 11 is 1.50. The van der Waals surface area contributed by atoms with Crippen LogP contribution < -0.4 is 5.32 Å². The van der Waals surface area contributed by atoms with Gasteiger partial charge in [0.25, 0.3) is 0 Å². The van der Waals surface area contributed by atoms with Gasteiger partial charge in [0.1, 0.15) is 0 Å². The second kappa shape index (κ2) is 4.57. The van der Waals surface area contributed by atoms with Crippen molar-refractivity contribution in [3.05, 3.63) is 46.5 Å². The minimum Gasteiger partial charge on any atom is -0.365 e. The van der Waals surface area contributed by atoms with Gasteiger partial charge in [-0.2, -0.15) is 0 Å². The lowest BCUT2D eigenvalue weighted by atomic mass is 10.1. The maximum atomic E-state index is 13.0. The number of halogens is 2. The Hall–Kier alpha value is -1.49. The highest BCUT2D eigenvalue weighted by Crippen LogP contribution is 2.21. The second-order valence-corrected chi connectivity index (χ2v) is 4.42. The van der Waals surface area contributed by atoms with E-state index in [1.165, 1.54) is 17.4 Å². The SMILES string of the molecule is CNc1ncc(Cc2ccc(F)c(F)c2)s1. The first-order chi connectivity index (χ1) is 7.69. The smallest absolute Gasteiger partial charge is 0.182 e. The number of anilines is 1. The lowest BCUT2D eigenvalue weighted by Crippen LogP contribution is -1.89. The monoisotopic (exact) mass is 240 g/mol. The summed E-state index contributed by atoms with van der Waals surface area (Å²) in [7, 11) is 1.79. The van der Waals surface area contributed by atoms with Crippen molar-refractivity contribution >= 4 is 16.5 Å². The fourth-order valence-electron chi connectivity index (χ4n) is 1.36. The van der Waals surface area contributed by atoms with Gasteiger partial charge in [-0.05, 0) is 17.7 Å². The topological polar surface area (TPSA) is 24.9 Å². The Bertz CT molecular complexity index is 496. The molecule has 0 bridgehead atoms. The summed E-state index contributed by atoms with van der Waals surface area (Å²) in [5, 5.41) is 3.74. The fraction of sp³-hybridized carbons (Fsp3) is 0.182. The molecule has 1 aromatic heterocycles. The fourth-order valence-corrected chi connectivity index (χ4v) is 2.16. The summed E-state index contributed by atoms with van der Waals surface area (Å²) in [6, 6.07) is 3.94. The van der Waals surface area contributed by atoms with Crippen LogP contribution in [0.25, 0.3) is 0 Å². The number of benzene rings is 1. The largest absolute Gasteiger partial charge is 0.365 e. The van der Waals surface area contributed by atoms with Gasteiger partial charge in [0.15, 0.2) is 16.8 Å². The Morgan fingerprint density at radius 3 is 2.75 bits per heavy atom. The van der Waals surface area contributed by atoms with E-state index in [-0.39, 0.29) is 0 Å². The Kier molecular flexibility index (Phi) is 3.14. The van der Waals surface area contributed by atoms with Crippen molar-refractivity contribution < 1.29 is 8.78 Å². The van der Waals surface area contributed by atoms with E-state index >= 15 is 0 Å². The van der Waals surface area contributed by atoms with Crippen LogP contribution in [0.5, 0.6) is 0 Å². The maximum Gasteiger partial charge on any atom is 0.182 e. The normalized spacial score (nSPS) is 10.4. The molecule has 0 saturated heterocycles. The van der Waals surface area contributed by atoms with Crippen molar-refractivity contribution in [2.45, 2.75) is 6.42 Å². The van der Waals surface area contributed by atoms with Crippen molar-refractivity contribution in [2.24, 2.45) is 0 Å². The molecule has 0 aliphatic heterocycles. The van der Waals surface area contributed by atoms with Crippen LogP contribution in [0.4, 0.5) is 13.9 Å². The molecule has 84 valence electrons. The zero-order chi connectivity index (χ0) is 11.5. The predicted molar refractivity (Wildman–Crippen MR) is 60.8 cm³/mol. The van der Waals surface area contributed by atoms with E-state index in [1.807, 2.05) is 0 Å². The molecule has 2 aromatic rings. The molecule has 0 amide bonds. The molecule has 0 spiro atoms. The number of aromatic nitrogens is 1. The van der Waals surface area contributed by atoms with E-state index in [0.717, 1.165) is 21.6 Å². The lowest BCUT2D eigenvalue weighted by molar-refractivity contribution is 0.507. The van der Waals surface area contributed by atoms with Gasteiger partial charge in [0, 0.05) is 24.5 Å². The van der Waals surface area contributed by atoms with Crippen LogP contribution in [0, 0.1) is 11.6 Å². The molecular weight excluding hydrogens is 230 g/mol. The number of hydrogen-bond donors (Lipinski definition) is 1. The highest BCUT2D eigenvalue weighted by atomic mass is 32.1. The molecule has 0 aliphatic rings. The van der Waals surface area contributed by atoms with Gasteiger partial charge in [0.2, 0.25) is 0 Å². The highest BCUT2D eigenvalue weighted by molar-refractivity contribution is 7.15. The third kappa shape index (κ3) is 2.36. The van der Waals surface area contributed by atoms with Gasteiger partial charge >= 0.3 is 0 Å². The van der Waals surface area contributed by atoms with Crippen molar-refractivity contribution in [1.29, 1.82) is 0 Å². The van der Waals surface area contributed by atoms with E-state index in [2.05, 4.69) is 10.3 Å². The zero-order valence-electron chi connectivity index (χ0n) is 8.63. The van der Waals surface area contributed by atoms with E-state index < -0.39 is 11.6 Å². The Morgan fingerprint density at radius 2 is 2.12 bits per heavy atom. The van der Waals surface area contributed by atoms with Gasteiger partial charge in [-0.25, -0.2) is 13.8 Å². The molecule has 1 heterocycles. The summed E-state index contributed by atoms with van der Waals surface area (Å²) in [6.07, 6.45) is 2.30. The number of nitrogens with zero attached hydrogens (tertiary/aromatic N) is 1. The molecule has 2 nitrogen and oxygen atoms in total. The first-order valence-electron chi connectivity index (χ1n) is 4.75. The molecule has 1 N–H and O–H groups in total. The van der Waals surface area contributed by atoms with E-state index in [0.29, 0.717) is 6.42 Å². The molecule has 0 saturated carbocycles. The average Bonchev–Trinajstić information content (AvgIpc) is 2.71. The van der Waals surface area contributed by atoms with Crippen LogP contribution in [0.2, 0.25) is 0 Å². The predicted octanol–water partition coefficient (Wildman–Crippen LogP) is 3.05. The summed E-state index contributed by atoms with van der Waals surface area (Å²) in [5.41, 5.74) is 0.741. The molecule has 5 heteroatoms. The van der Waals surface area contributed by atoms with Gasteiger partial charge in [0.05, 0.1) is 0 Å². The molecule has 1 aromatic carbocycles. The molecule has 2 rings (SSSR count). The molecule has 0 aliphatic carbocycles. The summed E-state index contributed by atoms with van der Waals surface area (Å²) in [5.74, 6) is -1.63. The van der Waals surface area contributed by atoms with Crippen LogP contribution in [-0.4, -0.2) is 12.0 Å². The van der Waals surface area contributed by atoms with Gasteiger partial charge < -0.3 is 5.32 Å². The standard InChI is InChI=1S/C11H10F2N2S/c1-14-11-15-6-8(16-11)4-7-2-3-9(12)10(13)5-7/h2-3,5-6H,4H2,1H3,(H,14,15). The molecule has 0 unspecified atom stereocenters.